The molecule has 0 aromatic carbocycles. The molecule has 2 N–H and O–H groups in total. The highest BCUT2D eigenvalue weighted by Crippen LogP contribution is 2.27. The van der Waals surface area contributed by atoms with Gasteiger partial charge < -0.3 is 5.73 Å². The predicted molar refractivity (Wildman–Crippen MR) is 81.3 cm³/mol. The number of nitrogen functional groups attached to an aromatic ring is 1. The number of rotatable bonds is 2. The predicted octanol–water partition coefficient (Wildman–Crippen LogP) is 3.14. The summed E-state index contributed by atoms with van der Waals surface area (Å²) in [5.74, 6) is 0.456. The van der Waals surface area contributed by atoms with Gasteiger partial charge in [0, 0.05) is 17.8 Å². The van der Waals surface area contributed by atoms with Crippen molar-refractivity contribution in [2.75, 3.05) is 5.73 Å². The SMILES string of the molecule is CCc1cccnc1-c1nc2c(N)nccc2cc1C. The lowest BCUT2D eigenvalue weighted by molar-refractivity contribution is 1.09. The van der Waals surface area contributed by atoms with Gasteiger partial charge in [0.2, 0.25) is 0 Å². The van der Waals surface area contributed by atoms with Crippen LogP contribution in [0.5, 0.6) is 0 Å². The molecule has 4 nitrogen and oxygen atoms in total. The third-order valence-corrected chi connectivity index (χ3v) is 3.45. The molecule has 0 amide bonds. The van der Waals surface area contributed by atoms with Crippen LogP contribution < -0.4 is 5.73 Å². The van der Waals surface area contributed by atoms with Crippen LogP contribution in [0.1, 0.15) is 18.1 Å². The van der Waals surface area contributed by atoms with E-state index in [2.05, 4.69) is 29.0 Å². The van der Waals surface area contributed by atoms with Crippen molar-refractivity contribution in [1.29, 1.82) is 0 Å². The van der Waals surface area contributed by atoms with Crippen LogP contribution in [0.3, 0.4) is 0 Å². The van der Waals surface area contributed by atoms with Crippen molar-refractivity contribution in [3.05, 3.63) is 47.8 Å². The van der Waals surface area contributed by atoms with Gasteiger partial charge >= 0.3 is 0 Å². The number of nitrogens with zero attached hydrogens (tertiary/aromatic N) is 3. The molecule has 3 heterocycles. The Morgan fingerprint density at radius 1 is 1.10 bits per heavy atom. The van der Waals surface area contributed by atoms with E-state index in [1.54, 1.807) is 12.4 Å². The summed E-state index contributed by atoms with van der Waals surface area (Å²) in [7, 11) is 0. The van der Waals surface area contributed by atoms with Crippen molar-refractivity contribution in [1.82, 2.24) is 15.0 Å². The fourth-order valence-corrected chi connectivity index (χ4v) is 2.40. The first-order chi connectivity index (χ1) is 9.70. The van der Waals surface area contributed by atoms with E-state index in [0.717, 1.165) is 34.3 Å². The van der Waals surface area contributed by atoms with Gasteiger partial charge in [-0.05, 0) is 42.7 Å². The van der Waals surface area contributed by atoms with Crippen molar-refractivity contribution >= 4 is 16.7 Å². The number of aryl methyl sites for hydroxylation is 2. The van der Waals surface area contributed by atoms with Gasteiger partial charge in [0.15, 0.2) is 0 Å². The number of fused-ring (bicyclic) bond motifs is 1. The minimum absolute atomic E-state index is 0.456. The molecule has 0 spiro atoms. The number of nitrogens with two attached hydrogens (primary N) is 1. The molecule has 0 radical (unpaired) electrons. The Balaban J connectivity index is 2.31. The average molecular weight is 264 g/mol. The van der Waals surface area contributed by atoms with E-state index in [-0.39, 0.29) is 0 Å². The standard InChI is InChI=1S/C16H16N4/c1-3-11-5-4-7-18-14(11)13-10(2)9-12-6-8-19-16(17)15(12)20-13/h4-9H,3H2,1-2H3,(H2,17,19). The third kappa shape index (κ3) is 1.99. The first-order valence-electron chi connectivity index (χ1n) is 6.66. The van der Waals surface area contributed by atoms with Gasteiger partial charge in [0.05, 0.1) is 11.4 Å². The fourth-order valence-electron chi connectivity index (χ4n) is 2.40. The van der Waals surface area contributed by atoms with E-state index in [9.17, 15) is 0 Å². The Bertz CT molecular complexity index is 781. The first kappa shape index (κ1) is 12.5. The molecule has 20 heavy (non-hydrogen) atoms. The van der Waals surface area contributed by atoms with E-state index in [4.69, 9.17) is 10.7 Å². The van der Waals surface area contributed by atoms with Gasteiger partial charge in [-0.1, -0.05) is 13.0 Å². The van der Waals surface area contributed by atoms with Crippen LogP contribution in [0.15, 0.2) is 36.7 Å². The number of anilines is 1. The van der Waals surface area contributed by atoms with Crippen LogP contribution in [-0.2, 0) is 6.42 Å². The summed E-state index contributed by atoms with van der Waals surface area (Å²) in [6.07, 6.45) is 4.42. The second kappa shape index (κ2) is 4.89. The Labute approximate surface area is 117 Å². The molecular formula is C16H16N4. The molecule has 0 bridgehead atoms. The maximum Gasteiger partial charge on any atom is 0.149 e. The van der Waals surface area contributed by atoms with Gasteiger partial charge in [-0.3, -0.25) is 4.98 Å². The highest BCUT2D eigenvalue weighted by molar-refractivity contribution is 5.89. The molecule has 0 atom stereocenters. The fraction of sp³-hybridized carbons (Fsp3) is 0.188. The summed E-state index contributed by atoms with van der Waals surface area (Å²) in [5.41, 5.74) is 10.8. The van der Waals surface area contributed by atoms with E-state index < -0.39 is 0 Å². The van der Waals surface area contributed by atoms with Gasteiger partial charge in [-0.2, -0.15) is 0 Å². The Kier molecular flexibility index (Phi) is 3.06. The second-order valence-electron chi connectivity index (χ2n) is 4.79. The minimum Gasteiger partial charge on any atom is -0.382 e. The number of hydrogen-bond acceptors (Lipinski definition) is 4. The molecule has 0 saturated heterocycles. The maximum atomic E-state index is 5.93. The number of aromatic nitrogens is 3. The summed E-state index contributed by atoms with van der Waals surface area (Å²) in [6.45, 7) is 4.17. The number of hydrogen-bond donors (Lipinski definition) is 1. The molecule has 100 valence electrons. The van der Waals surface area contributed by atoms with Gasteiger partial charge in [0.25, 0.3) is 0 Å². The molecule has 0 aliphatic carbocycles. The van der Waals surface area contributed by atoms with Crippen LogP contribution in [0.25, 0.3) is 22.3 Å². The zero-order chi connectivity index (χ0) is 14.1. The summed E-state index contributed by atoms with van der Waals surface area (Å²) in [4.78, 5) is 13.3. The molecule has 0 aliphatic heterocycles. The zero-order valence-electron chi connectivity index (χ0n) is 11.6. The van der Waals surface area contributed by atoms with E-state index in [1.165, 1.54) is 5.56 Å². The third-order valence-electron chi connectivity index (χ3n) is 3.45. The first-order valence-corrected chi connectivity index (χ1v) is 6.66. The molecule has 3 aromatic heterocycles. The Morgan fingerprint density at radius 3 is 2.75 bits per heavy atom. The van der Waals surface area contributed by atoms with Gasteiger partial charge in [-0.25, -0.2) is 9.97 Å². The van der Waals surface area contributed by atoms with Crippen LogP contribution in [0.2, 0.25) is 0 Å². The molecule has 0 unspecified atom stereocenters. The average Bonchev–Trinajstić information content (AvgIpc) is 2.47. The van der Waals surface area contributed by atoms with Crippen molar-refractivity contribution < 1.29 is 0 Å². The van der Waals surface area contributed by atoms with Crippen molar-refractivity contribution in [3.8, 4) is 11.4 Å². The van der Waals surface area contributed by atoms with E-state index in [0.29, 0.717) is 5.82 Å². The van der Waals surface area contributed by atoms with E-state index >= 15 is 0 Å². The lowest BCUT2D eigenvalue weighted by Crippen LogP contribution is -1.99. The minimum atomic E-state index is 0.456. The van der Waals surface area contributed by atoms with Crippen molar-refractivity contribution in [3.63, 3.8) is 0 Å². The highest BCUT2D eigenvalue weighted by atomic mass is 14.9. The number of pyridine rings is 3. The zero-order valence-corrected chi connectivity index (χ0v) is 11.6. The molecule has 0 aliphatic rings. The monoisotopic (exact) mass is 264 g/mol. The van der Waals surface area contributed by atoms with Crippen LogP contribution >= 0.6 is 0 Å². The van der Waals surface area contributed by atoms with E-state index in [1.807, 2.05) is 19.1 Å². The topological polar surface area (TPSA) is 64.7 Å². The van der Waals surface area contributed by atoms with Crippen LogP contribution in [0.4, 0.5) is 5.82 Å². The molecule has 0 saturated carbocycles. The van der Waals surface area contributed by atoms with Crippen molar-refractivity contribution in [2.45, 2.75) is 20.3 Å². The van der Waals surface area contributed by atoms with Crippen LogP contribution in [0, 0.1) is 6.92 Å². The lowest BCUT2D eigenvalue weighted by Gasteiger charge is -2.10. The molecule has 3 aromatic rings. The Hall–Kier alpha value is -2.49. The summed E-state index contributed by atoms with van der Waals surface area (Å²) in [5, 5.41) is 1.01. The highest BCUT2D eigenvalue weighted by Gasteiger charge is 2.12. The summed E-state index contributed by atoms with van der Waals surface area (Å²) in [6, 6.07) is 8.05. The summed E-state index contributed by atoms with van der Waals surface area (Å²) >= 11 is 0. The van der Waals surface area contributed by atoms with Crippen LogP contribution in [-0.4, -0.2) is 15.0 Å². The maximum absolute atomic E-state index is 5.93. The van der Waals surface area contributed by atoms with Crippen molar-refractivity contribution in [2.24, 2.45) is 0 Å². The molecule has 3 rings (SSSR count). The van der Waals surface area contributed by atoms with Gasteiger partial charge in [0.1, 0.15) is 11.3 Å². The quantitative estimate of drug-likeness (QED) is 0.772. The largest absolute Gasteiger partial charge is 0.382 e. The Morgan fingerprint density at radius 2 is 1.95 bits per heavy atom. The second-order valence-corrected chi connectivity index (χ2v) is 4.79. The van der Waals surface area contributed by atoms with Gasteiger partial charge in [-0.15, -0.1) is 0 Å². The molecular weight excluding hydrogens is 248 g/mol. The smallest absolute Gasteiger partial charge is 0.149 e. The lowest BCUT2D eigenvalue weighted by atomic mass is 10.0. The molecule has 4 heteroatoms. The normalized spacial score (nSPS) is 10.9. The summed E-state index contributed by atoms with van der Waals surface area (Å²) < 4.78 is 0. The molecule has 0 fully saturated rings.